The summed E-state index contributed by atoms with van der Waals surface area (Å²) >= 11 is 0. The number of hydrogen-bond donors (Lipinski definition) is 2. The van der Waals surface area contributed by atoms with Crippen molar-refractivity contribution >= 4 is 5.91 Å². The van der Waals surface area contributed by atoms with Crippen LogP contribution in [0.2, 0.25) is 0 Å². The summed E-state index contributed by atoms with van der Waals surface area (Å²) in [7, 11) is 0. The quantitative estimate of drug-likeness (QED) is 0.772. The Labute approximate surface area is 98.6 Å². The zero-order valence-corrected chi connectivity index (χ0v) is 10.8. The lowest BCUT2D eigenvalue weighted by molar-refractivity contribution is -0.128. The average Bonchev–Trinajstić information content (AvgIpc) is 2.29. The van der Waals surface area contributed by atoms with E-state index in [1.165, 1.54) is 0 Å². The van der Waals surface area contributed by atoms with E-state index in [-0.39, 0.29) is 18.4 Å². The van der Waals surface area contributed by atoms with Crippen molar-refractivity contribution in [3.8, 4) is 0 Å². The van der Waals surface area contributed by atoms with Crippen LogP contribution in [0.15, 0.2) is 0 Å². The summed E-state index contributed by atoms with van der Waals surface area (Å²) in [6.07, 6.45) is 5.06. The second kappa shape index (κ2) is 5.67. The van der Waals surface area contributed by atoms with Crippen LogP contribution in [-0.2, 0) is 4.79 Å². The molecule has 2 N–H and O–H groups in total. The molecule has 0 heterocycles. The lowest BCUT2D eigenvalue weighted by atomic mass is 9.82. The number of aliphatic hydroxyl groups is 1. The minimum Gasteiger partial charge on any atom is -0.394 e. The molecule has 1 fully saturated rings. The first-order valence-electron chi connectivity index (χ1n) is 6.43. The topological polar surface area (TPSA) is 49.3 Å². The third kappa shape index (κ3) is 3.48. The van der Waals surface area contributed by atoms with Crippen LogP contribution in [0.4, 0.5) is 0 Å². The van der Waals surface area contributed by atoms with Crippen molar-refractivity contribution in [3.63, 3.8) is 0 Å². The Bertz CT molecular complexity index is 228. The van der Waals surface area contributed by atoms with E-state index in [4.69, 9.17) is 0 Å². The van der Waals surface area contributed by atoms with Crippen LogP contribution in [0.1, 0.15) is 52.9 Å². The number of hydrogen-bond acceptors (Lipinski definition) is 2. The molecule has 0 spiro atoms. The Morgan fingerprint density at radius 3 is 2.38 bits per heavy atom. The summed E-state index contributed by atoms with van der Waals surface area (Å²) in [4.78, 5) is 12.0. The highest BCUT2D eigenvalue weighted by Gasteiger charge is 2.29. The molecule has 0 aromatic heterocycles. The minimum absolute atomic E-state index is 0.0123. The Balaban J connectivity index is 2.46. The van der Waals surface area contributed by atoms with Gasteiger partial charge in [-0.1, -0.05) is 13.8 Å². The fraction of sp³-hybridized carbons (Fsp3) is 0.923. The molecule has 0 aromatic carbocycles. The van der Waals surface area contributed by atoms with Gasteiger partial charge in [0.25, 0.3) is 0 Å². The molecule has 3 heteroatoms. The maximum absolute atomic E-state index is 12.0. The Morgan fingerprint density at radius 2 is 1.94 bits per heavy atom. The molecular formula is C13H25NO2. The van der Waals surface area contributed by atoms with Gasteiger partial charge in [0, 0.05) is 5.92 Å². The molecule has 1 saturated carbocycles. The normalized spacial score (nSPS) is 29.5. The molecule has 3 nitrogen and oxygen atoms in total. The van der Waals surface area contributed by atoms with Gasteiger partial charge in [-0.05, 0) is 44.9 Å². The second-order valence-corrected chi connectivity index (χ2v) is 5.52. The lowest BCUT2D eigenvalue weighted by Gasteiger charge is -2.32. The summed E-state index contributed by atoms with van der Waals surface area (Å²) in [6, 6.07) is 0. The van der Waals surface area contributed by atoms with E-state index >= 15 is 0 Å². The zero-order chi connectivity index (χ0) is 12.2. The van der Waals surface area contributed by atoms with Crippen molar-refractivity contribution < 1.29 is 9.90 Å². The smallest absolute Gasteiger partial charge is 0.223 e. The lowest BCUT2D eigenvalue weighted by Crippen LogP contribution is -2.50. The van der Waals surface area contributed by atoms with E-state index in [0.717, 1.165) is 38.0 Å². The largest absolute Gasteiger partial charge is 0.394 e. The third-order valence-electron chi connectivity index (χ3n) is 3.94. The Morgan fingerprint density at radius 1 is 1.38 bits per heavy atom. The van der Waals surface area contributed by atoms with Gasteiger partial charge in [0.1, 0.15) is 0 Å². The molecule has 1 unspecified atom stereocenters. The number of carbonyl (C=O) groups excluding carboxylic acids is 1. The van der Waals surface area contributed by atoms with Crippen molar-refractivity contribution in [2.75, 3.05) is 6.61 Å². The number of rotatable bonds is 4. The first-order chi connectivity index (χ1) is 7.50. The van der Waals surface area contributed by atoms with Crippen LogP contribution in [0.3, 0.4) is 0 Å². The Kier molecular flexibility index (Phi) is 4.78. The molecule has 0 saturated heterocycles. The van der Waals surface area contributed by atoms with Crippen molar-refractivity contribution in [2.24, 2.45) is 11.8 Å². The molecule has 0 aliphatic heterocycles. The third-order valence-corrected chi connectivity index (χ3v) is 3.94. The molecule has 1 rings (SSSR count). The van der Waals surface area contributed by atoms with Gasteiger partial charge < -0.3 is 10.4 Å². The predicted octanol–water partition coefficient (Wildman–Crippen LogP) is 2.09. The number of amides is 1. The molecule has 0 bridgehead atoms. The van der Waals surface area contributed by atoms with E-state index in [1.807, 2.05) is 13.8 Å². The van der Waals surface area contributed by atoms with Crippen LogP contribution >= 0.6 is 0 Å². The minimum atomic E-state index is -0.444. The molecule has 1 amide bonds. The zero-order valence-electron chi connectivity index (χ0n) is 10.8. The van der Waals surface area contributed by atoms with E-state index in [1.54, 1.807) is 0 Å². The summed E-state index contributed by atoms with van der Waals surface area (Å²) in [5.74, 6) is 1.05. The first kappa shape index (κ1) is 13.5. The Hall–Kier alpha value is -0.570. The van der Waals surface area contributed by atoms with E-state index in [9.17, 15) is 9.90 Å². The summed E-state index contributed by atoms with van der Waals surface area (Å²) in [5, 5.41) is 12.2. The molecular weight excluding hydrogens is 202 g/mol. The fourth-order valence-corrected chi connectivity index (χ4v) is 2.16. The van der Waals surface area contributed by atoms with Gasteiger partial charge in [0.15, 0.2) is 0 Å². The van der Waals surface area contributed by atoms with Crippen molar-refractivity contribution in [3.05, 3.63) is 0 Å². The van der Waals surface area contributed by atoms with Crippen LogP contribution in [0.25, 0.3) is 0 Å². The molecule has 0 radical (unpaired) electrons. The van der Waals surface area contributed by atoms with Crippen molar-refractivity contribution in [1.82, 2.24) is 5.32 Å². The second-order valence-electron chi connectivity index (χ2n) is 5.52. The highest BCUT2D eigenvalue weighted by atomic mass is 16.3. The molecule has 1 aliphatic carbocycles. The SMILES string of the molecule is CCC(C)(CO)NC(=O)C1CCC(C)CC1. The fourth-order valence-electron chi connectivity index (χ4n) is 2.16. The van der Waals surface area contributed by atoms with Crippen LogP contribution in [0.5, 0.6) is 0 Å². The maximum Gasteiger partial charge on any atom is 0.223 e. The van der Waals surface area contributed by atoms with Gasteiger partial charge in [0.2, 0.25) is 5.91 Å². The average molecular weight is 227 g/mol. The monoisotopic (exact) mass is 227 g/mol. The molecule has 16 heavy (non-hydrogen) atoms. The van der Waals surface area contributed by atoms with E-state index < -0.39 is 5.54 Å². The van der Waals surface area contributed by atoms with Gasteiger partial charge in [-0.3, -0.25) is 4.79 Å². The van der Waals surface area contributed by atoms with Crippen LogP contribution in [0, 0.1) is 11.8 Å². The van der Waals surface area contributed by atoms with Crippen molar-refractivity contribution in [2.45, 2.75) is 58.4 Å². The van der Waals surface area contributed by atoms with Crippen molar-refractivity contribution in [1.29, 1.82) is 0 Å². The molecule has 0 aromatic rings. The number of nitrogens with one attached hydrogen (secondary N) is 1. The number of carbonyl (C=O) groups is 1. The molecule has 94 valence electrons. The summed E-state index contributed by atoms with van der Waals surface area (Å²) in [5.41, 5.74) is -0.444. The highest BCUT2D eigenvalue weighted by molar-refractivity contribution is 5.79. The van der Waals surface area contributed by atoms with Gasteiger partial charge in [-0.15, -0.1) is 0 Å². The summed E-state index contributed by atoms with van der Waals surface area (Å²) in [6.45, 7) is 6.15. The maximum atomic E-state index is 12.0. The highest BCUT2D eigenvalue weighted by Crippen LogP contribution is 2.28. The number of aliphatic hydroxyl groups excluding tert-OH is 1. The molecule has 1 aliphatic rings. The van der Waals surface area contributed by atoms with Gasteiger partial charge in [-0.2, -0.15) is 0 Å². The van der Waals surface area contributed by atoms with Gasteiger partial charge in [0.05, 0.1) is 12.1 Å². The first-order valence-corrected chi connectivity index (χ1v) is 6.43. The van der Waals surface area contributed by atoms with Crippen LogP contribution < -0.4 is 5.32 Å². The van der Waals surface area contributed by atoms with E-state index in [2.05, 4.69) is 12.2 Å². The predicted molar refractivity (Wildman–Crippen MR) is 65.0 cm³/mol. The standard InChI is InChI=1S/C13H25NO2/c1-4-13(3,9-15)14-12(16)11-7-5-10(2)6-8-11/h10-11,15H,4-9H2,1-3H3,(H,14,16). The van der Waals surface area contributed by atoms with Gasteiger partial charge in [-0.25, -0.2) is 0 Å². The summed E-state index contributed by atoms with van der Waals surface area (Å²) < 4.78 is 0. The molecule has 1 atom stereocenters. The van der Waals surface area contributed by atoms with Gasteiger partial charge >= 0.3 is 0 Å². The van der Waals surface area contributed by atoms with E-state index in [0.29, 0.717) is 0 Å². The van der Waals surface area contributed by atoms with Crippen LogP contribution in [-0.4, -0.2) is 23.2 Å².